The van der Waals surface area contributed by atoms with Gasteiger partial charge in [0.2, 0.25) is 11.8 Å². The van der Waals surface area contributed by atoms with Gasteiger partial charge in [0, 0.05) is 12.0 Å². The highest BCUT2D eigenvalue weighted by Crippen LogP contribution is 2.50. The van der Waals surface area contributed by atoms with Crippen molar-refractivity contribution in [2.45, 2.75) is 103 Å². The second-order valence-corrected chi connectivity index (χ2v) is 13.7. The summed E-state index contributed by atoms with van der Waals surface area (Å²) in [7, 11) is 1.49. The van der Waals surface area contributed by atoms with Crippen molar-refractivity contribution < 1.29 is 41.8 Å². The maximum atomic E-state index is 14.8. The van der Waals surface area contributed by atoms with Crippen LogP contribution in [0.2, 0.25) is 0 Å². The molecule has 0 radical (unpaired) electrons. The smallest absolute Gasteiger partial charge is 0.408 e. The highest BCUT2D eigenvalue weighted by molar-refractivity contribution is 5.93. The molecule has 45 heavy (non-hydrogen) atoms. The predicted molar refractivity (Wildman–Crippen MR) is 158 cm³/mol. The second kappa shape index (κ2) is 11.9. The van der Waals surface area contributed by atoms with Gasteiger partial charge in [-0.05, 0) is 57.1 Å². The van der Waals surface area contributed by atoms with E-state index in [-0.39, 0.29) is 11.8 Å². The summed E-state index contributed by atoms with van der Waals surface area (Å²) >= 11 is 0. The molecule has 6 atom stereocenters. The summed E-state index contributed by atoms with van der Waals surface area (Å²) in [5, 5.41) is 2.62. The number of ether oxygens (including phenoxy) is 3. The summed E-state index contributed by atoms with van der Waals surface area (Å²) in [4.78, 5) is 50.2. The Hall–Kier alpha value is -3.64. The van der Waals surface area contributed by atoms with Gasteiger partial charge in [-0.2, -0.15) is 13.2 Å². The molecule has 3 aliphatic rings. The van der Waals surface area contributed by atoms with Crippen molar-refractivity contribution >= 4 is 28.8 Å². The summed E-state index contributed by atoms with van der Waals surface area (Å²) in [6.45, 7) is 7.37. The van der Waals surface area contributed by atoms with E-state index < -0.39 is 65.6 Å². The minimum atomic E-state index is -4.90. The van der Waals surface area contributed by atoms with Gasteiger partial charge in [-0.15, -0.1) is 0 Å². The zero-order chi connectivity index (χ0) is 32.9. The van der Waals surface area contributed by atoms with Gasteiger partial charge in [-0.25, -0.2) is 14.8 Å². The summed E-state index contributed by atoms with van der Waals surface area (Å²) in [6, 6.07) is 1.92. The normalized spacial score (nSPS) is 29.8. The number of rotatable bonds is 2. The van der Waals surface area contributed by atoms with Crippen molar-refractivity contribution in [1.29, 1.82) is 0 Å². The number of aryl methyl sites for hydroxylation is 1. The molecule has 1 aromatic heterocycles. The van der Waals surface area contributed by atoms with Gasteiger partial charge in [0.15, 0.2) is 5.78 Å². The summed E-state index contributed by atoms with van der Waals surface area (Å²) in [6.07, 6.45) is -3.11. The van der Waals surface area contributed by atoms with E-state index in [4.69, 9.17) is 19.2 Å². The Labute approximate surface area is 260 Å². The monoisotopic (exact) mass is 634 g/mol. The lowest BCUT2D eigenvalue weighted by Crippen LogP contribution is -2.58. The van der Waals surface area contributed by atoms with Gasteiger partial charge in [0.25, 0.3) is 0 Å². The van der Waals surface area contributed by atoms with Gasteiger partial charge in [0.05, 0.1) is 24.7 Å². The number of hydrogen-bond donors (Lipinski definition) is 1. The van der Waals surface area contributed by atoms with Crippen LogP contribution in [-0.4, -0.2) is 76.3 Å². The van der Waals surface area contributed by atoms with Crippen molar-refractivity contribution in [3.05, 3.63) is 23.9 Å². The zero-order valence-electron chi connectivity index (χ0n) is 26.5. The number of ketones is 1. The molecule has 1 aliphatic carbocycles. The van der Waals surface area contributed by atoms with Crippen LogP contribution in [0.1, 0.15) is 72.4 Å². The molecular weight excluding hydrogens is 593 g/mol. The highest BCUT2D eigenvalue weighted by atomic mass is 19.4. The third-order valence-corrected chi connectivity index (χ3v) is 9.22. The fraction of sp³-hybridized carbons (Fsp3) is 0.656. The Balaban J connectivity index is 1.59. The zero-order valence-corrected chi connectivity index (χ0v) is 26.5. The van der Waals surface area contributed by atoms with Crippen LogP contribution in [0.25, 0.3) is 11.0 Å². The lowest BCUT2D eigenvalue weighted by molar-refractivity contribution is -0.196. The molecule has 3 heterocycles. The fourth-order valence-electron chi connectivity index (χ4n) is 6.60. The fourth-order valence-corrected chi connectivity index (χ4v) is 6.60. The SMILES string of the molecule is COc1ccc2nc3c(nc2c1)O[C@H]1CN(C(=O)[C@H](C(C)(C)C)NC(=O)O[C@]2(C)C[C@H]2CCCCC3)[C@H](C(C)=O)[C@@H]1C(F)(F)F. The van der Waals surface area contributed by atoms with E-state index in [1.807, 2.05) is 6.92 Å². The van der Waals surface area contributed by atoms with Crippen LogP contribution >= 0.6 is 0 Å². The van der Waals surface area contributed by atoms with E-state index in [9.17, 15) is 27.6 Å². The number of methoxy groups -OCH3 is 1. The standard InChI is InChI=1S/C32H41F3N4O6/c1-17(40)25-24(32(33,34)35)23-16-39(25)28(41)26(30(2,3)4)38-29(42)45-31(5)15-18(31)10-8-7-9-11-21-27(44-23)37-22-14-19(43-6)12-13-20(22)36-21/h12-14,18,23-26H,7-11,15-16H2,1-6H3,(H,38,42)/t18-,23+,24-,25-,26-,31-/m1/s1. The number of benzene rings is 1. The average molecular weight is 635 g/mol. The molecule has 0 unspecified atom stereocenters. The number of carbonyl (C=O) groups excluding carboxylic acids is 3. The van der Waals surface area contributed by atoms with Gasteiger partial charge < -0.3 is 24.4 Å². The summed E-state index contributed by atoms with van der Waals surface area (Å²) in [5.41, 5.74) is -0.304. The van der Waals surface area contributed by atoms with Crippen LogP contribution in [0.3, 0.4) is 0 Å². The van der Waals surface area contributed by atoms with Crippen LogP contribution < -0.4 is 14.8 Å². The number of halogens is 3. The number of alkyl carbamates (subject to hydrolysis) is 1. The first-order chi connectivity index (χ1) is 21.0. The molecule has 13 heteroatoms. The number of hydrogen-bond acceptors (Lipinski definition) is 8. The van der Waals surface area contributed by atoms with Gasteiger partial charge in [-0.1, -0.05) is 33.6 Å². The van der Waals surface area contributed by atoms with Crippen molar-refractivity contribution in [1.82, 2.24) is 20.2 Å². The number of Topliss-reactive ketones (excluding diaryl/α,β-unsaturated/α-hetero) is 1. The summed E-state index contributed by atoms with van der Waals surface area (Å²) < 4.78 is 61.5. The molecule has 1 saturated heterocycles. The van der Waals surface area contributed by atoms with Crippen LogP contribution in [-0.2, 0) is 20.7 Å². The average Bonchev–Trinajstić information content (AvgIpc) is 3.39. The van der Waals surface area contributed by atoms with E-state index >= 15 is 0 Å². The van der Waals surface area contributed by atoms with Gasteiger partial charge in [-0.3, -0.25) is 9.59 Å². The molecular formula is C32H41F3N4O6. The van der Waals surface area contributed by atoms with E-state index in [2.05, 4.69) is 10.3 Å². The maximum absolute atomic E-state index is 14.8. The number of nitrogens with one attached hydrogen (secondary N) is 1. The number of carbonyl (C=O) groups is 3. The van der Waals surface area contributed by atoms with Crippen LogP contribution in [0.15, 0.2) is 18.2 Å². The molecule has 0 spiro atoms. The topological polar surface area (TPSA) is 120 Å². The Morgan fingerprint density at radius 3 is 2.49 bits per heavy atom. The Morgan fingerprint density at radius 2 is 1.84 bits per heavy atom. The van der Waals surface area contributed by atoms with Crippen molar-refractivity contribution in [2.24, 2.45) is 17.3 Å². The van der Waals surface area contributed by atoms with Crippen molar-refractivity contribution in [2.75, 3.05) is 13.7 Å². The molecule has 2 aliphatic heterocycles. The number of fused-ring (bicyclic) bond motifs is 5. The molecule has 2 aromatic rings. The predicted octanol–water partition coefficient (Wildman–Crippen LogP) is 5.40. The quantitative estimate of drug-likeness (QED) is 0.467. The first kappa shape index (κ1) is 32.7. The maximum Gasteiger partial charge on any atom is 0.408 e. The Bertz CT molecular complexity index is 1480. The number of nitrogens with zero attached hydrogens (tertiary/aromatic N) is 3. The van der Waals surface area contributed by atoms with E-state index in [0.29, 0.717) is 41.7 Å². The third kappa shape index (κ3) is 6.81. The minimum Gasteiger partial charge on any atom is -0.497 e. The van der Waals surface area contributed by atoms with E-state index in [1.54, 1.807) is 39.0 Å². The third-order valence-electron chi connectivity index (χ3n) is 9.22. The van der Waals surface area contributed by atoms with Gasteiger partial charge in [0.1, 0.15) is 41.2 Å². The molecule has 1 aromatic carbocycles. The molecule has 10 nitrogen and oxygen atoms in total. The number of aromatic nitrogens is 2. The molecule has 1 N–H and O–H groups in total. The van der Waals surface area contributed by atoms with Gasteiger partial charge >= 0.3 is 12.3 Å². The second-order valence-electron chi connectivity index (χ2n) is 13.7. The number of amides is 2. The Kier molecular flexibility index (Phi) is 8.69. The van der Waals surface area contributed by atoms with E-state index in [1.165, 1.54) is 7.11 Å². The minimum absolute atomic E-state index is 0.0726. The molecule has 2 fully saturated rings. The van der Waals surface area contributed by atoms with Crippen LogP contribution in [0, 0.1) is 17.3 Å². The molecule has 1 saturated carbocycles. The van der Waals surface area contributed by atoms with Crippen LogP contribution in [0.4, 0.5) is 18.0 Å². The molecule has 2 amide bonds. The number of alkyl halides is 3. The molecule has 2 bridgehead atoms. The van der Waals surface area contributed by atoms with Crippen LogP contribution in [0.5, 0.6) is 11.6 Å². The van der Waals surface area contributed by atoms with E-state index in [0.717, 1.165) is 31.1 Å². The molecule has 5 rings (SSSR count). The summed E-state index contributed by atoms with van der Waals surface area (Å²) in [5.74, 6) is -3.43. The first-order valence-corrected chi connectivity index (χ1v) is 15.4. The largest absolute Gasteiger partial charge is 0.497 e. The Morgan fingerprint density at radius 1 is 1.11 bits per heavy atom. The highest BCUT2D eigenvalue weighted by Gasteiger charge is 2.61. The molecule has 246 valence electrons. The lowest BCUT2D eigenvalue weighted by Gasteiger charge is -2.35. The van der Waals surface area contributed by atoms with Crippen molar-refractivity contribution in [3.63, 3.8) is 0 Å². The lowest BCUT2D eigenvalue weighted by atomic mass is 9.85. The first-order valence-electron chi connectivity index (χ1n) is 15.4. The van der Waals surface area contributed by atoms with Crippen molar-refractivity contribution in [3.8, 4) is 11.6 Å².